The van der Waals surface area contributed by atoms with Gasteiger partial charge in [0.2, 0.25) is 0 Å². The summed E-state index contributed by atoms with van der Waals surface area (Å²) in [6, 6.07) is 18.8. The molecule has 4 aromatic rings. The SMILES string of the molecule is CS(=O)(=O)c1ccc2nn(-c3ccc4ccccc4c3)nc2c1. The summed E-state index contributed by atoms with van der Waals surface area (Å²) in [7, 11) is -3.26. The van der Waals surface area contributed by atoms with E-state index >= 15 is 0 Å². The van der Waals surface area contributed by atoms with E-state index in [1.54, 1.807) is 18.2 Å². The van der Waals surface area contributed by atoms with Gasteiger partial charge in [-0.05, 0) is 41.1 Å². The average Bonchev–Trinajstić information content (AvgIpc) is 2.96. The standard InChI is InChI=1S/C17H13N3O2S/c1-23(21,22)15-8-9-16-17(11-15)19-20(18-16)14-7-6-12-4-2-3-5-13(12)10-14/h2-11H,1H3. The summed E-state index contributed by atoms with van der Waals surface area (Å²) in [5, 5.41) is 11.1. The molecule has 0 aliphatic rings. The van der Waals surface area contributed by atoms with E-state index in [0.29, 0.717) is 11.0 Å². The quantitative estimate of drug-likeness (QED) is 0.569. The van der Waals surface area contributed by atoms with Crippen molar-refractivity contribution in [2.75, 3.05) is 6.26 Å². The van der Waals surface area contributed by atoms with E-state index < -0.39 is 9.84 Å². The first-order chi connectivity index (χ1) is 11.0. The zero-order valence-electron chi connectivity index (χ0n) is 12.3. The molecule has 0 atom stereocenters. The topological polar surface area (TPSA) is 64.8 Å². The first kappa shape index (κ1) is 13.9. The number of benzene rings is 3. The lowest BCUT2D eigenvalue weighted by molar-refractivity contribution is 0.602. The van der Waals surface area contributed by atoms with Crippen molar-refractivity contribution in [3.8, 4) is 5.69 Å². The molecule has 0 N–H and O–H groups in total. The second kappa shape index (κ2) is 4.89. The normalized spacial score (nSPS) is 12.0. The molecule has 0 saturated heterocycles. The van der Waals surface area contributed by atoms with Crippen LogP contribution in [0.4, 0.5) is 0 Å². The molecule has 6 heteroatoms. The van der Waals surface area contributed by atoms with E-state index in [1.807, 2.05) is 42.5 Å². The summed E-state index contributed by atoms with van der Waals surface area (Å²) >= 11 is 0. The van der Waals surface area contributed by atoms with E-state index in [0.717, 1.165) is 16.5 Å². The van der Waals surface area contributed by atoms with Gasteiger partial charge in [-0.2, -0.15) is 4.80 Å². The van der Waals surface area contributed by atoms with Crippen LogP contribution < -0.4 is 0 Å². The van der Waals surface area contributed by atoms with Crippen LogP contribution in [0.25, 0.3) is 27.5 Å². The molecule has 0 aliphatic heterocycles. The van der Waals surface area contributed by atoms with Gasteiger partial charge in [0, 0.05) is 6.26 Å². The van der Waals surface area contributed by atoms with Crippen LogP contribution in [0.1, 0.15) is 0 Å². The van der Waals surface area contributed by atoms with Gasteiger partial charge in [-0.25, -0.2) is 8.42 Å². The number of aromatic nitrogens is 3. The summed E-state index contributed by atoms with van der Waals surface area (Å²) in [5.41, 5.74) is 2.05. The van der Waals surface area contributed by atoms with Crippen molar-refractivity contribution in [3.63, 3.8) is 0 Å². The molecule has 0 amide bonds. The van der Waals surface area contributed by atoms with E-state index in [-0.39, 0.29) is 4.90 Å². The number of hydrogen-bond acceptors (Lipinski definition) is 4. The van der Waals surface area contributed by atoms with Crippen molar-refractivity contribution in [2.24, 2.45) is 0 Å². The maximum atomic E-state index is 11.6. The van der Waals surface area contributed by atoms with E-state index in [4.69, 9.17) is 0 Å². The summed E-state index contributed by atoms with van der Waals surface area (Å²) in [6.45, 7) is 0. The fourth-order valence-electron chi connectivity index (χ4n) is 2.54. The van der Waals surface area contributed by atoms with Crippen LogP contribution in [0.3, 0.4) is 0 Å². The Morgan fingerprint density at radius 2 is 1.57 bits per heavy atom. The first-order valence-electron chi connectivity index (χ1n) is 7.07. The Morgan fingerprint density at radius 3 is 2.35 bits per heavy atom. The Balaban J connectivity index is 1.87. The zero-order chi connectivity index (χ0) is 16.0. The minimum atomic E-state index is -3.26. The molecule has 1 aromatic heterocycles. The summed E-state index contributed by atoms with van der Waals surface area (Å²) in [4.78, 5) is 1.78. The number of rotatable bonds is 2. The number of sulfone groups is 1. The molecule has 23 heavy (non-hydrogen) atoms. The van der Waals surface area contributed by atoms with Gasteiger partial charge in [0.15, 0.2) is 9.84 Å². The molecule has 0 bridgehead atoms. The lowest BCUT2D eigenvalue weighted by atomic mass is 10.1. The van der Waals surface area contributed by atoms with Gasteiger partial charge < -0.3 is 0 Å². The third-order valence-corrected chi connectivity index (χ3v) is 4.85. The van der Waals surface area contributed by atoms with Gasteiger partial charge in [0.25, 0.3) is 0 Å². The molecule has 0 unspecified atom stereocenters. The highest BCUT2D eigenvalue weighted by atomic mass is 32.2. The first-order valence-corrected chi connectivity index (χ1v) is 8.96. The van der Waals surface area contributed by atoms with Gasteiger partial charge in [0.1, 0.15) is 11.0 Å². The smallest absolute Gasteiger partial charge is 0.175 e. The molecule has 1 heterocycles. The van der Waals surface area contributed by atoms with Crippen LogP contribution in [-0.2, 0) is 9.84 Å². The van der Waals surface area contributed by atoms with Crippen LogP contribution >= 0.6 is 0 Å². The van der Waals surface area contributed by atoms with Gasteiger partial charge in [-0.15, -0.1) is 10.2 Å². The molecule has 0 radical (unpaired) electrons. The van der Waals surface area contributed by atoms with E-state index in [9.17, 15) is 8.42 Å². The van der Waals surface area contributed by atoms with Crippen molar-refractivity contribution in [2.45, 2.75) is 4.90 Å². The number of hydrogen-bond donors (Lipinski definition) is 0. The molecular formula is C17H13N3O2S. The van der Waals surface area contributed by atoms with Gasteiger partial charge in [-0.1, -0.05) is 30.3 Å². The molecule has 4 rings (SSSR count). The minimum Gasteiger partial charge on any atom is -0.224 e. The Kier molecular flexibility index (Phi) is 2.96. The van der Waals surface area contributed by atoms with Crippen molar-refractivity contribution < 1.29 is 8.42 Å². The Hall–Kier alpha value is -2.73. The summed E-state index contributed by atoms with van der Waals surface area (Å²) < 4.78 is 23.3. The van der Waals surface area contributed by atoms with Gasteiger partial charge in [-0.3, -0.25) is 0 Å². The molecule has 0 spiro atoms. The van der Waals surface area contributed by atoms with Crippen LogP contribution in [0.15, 0.2) is 65.6 Å². The molecular weight excluding hydrogens is 310 g/mol. The average molecular weight is 323 g/mol. The lowest BCUT2D eigenvalue weighted by Gasteiger charge is -2.01. The predicted molar refractivity (Wildman–Crippen MR) is 89.5 cm³/mol. The maximum Gasteiger partial charge on any atom is 0.175 e. The van der Waals surface area contributed by atoms with Gasteiger partial charge >= 0.3 is 0 Å². The summed E-state index contributed by atoms with van der Waals surface area (Å²) in [5.74, 6) is 0. The highest BCUT2D eigenvalue weighted by molar-refractivity contribution is 7.90. The Morgan fingerprint density at radius 1 is 0.826 bits per heavy atom. The minimum absolute atomic E-state index is 0.246. The molecule has 3 aromatic carbocycles. The third-order valence-electron chi connectivity index (χ3n) is 3.74. The van der Waals surface area contributed by atoms with Crippen LogP contribution in [0, 0.1) is 0 Å². The second-order valence-electron chi connectivity index (χ2n) is 5.44. The molecule has 114 valence electrons. The third kappa shape index (κ3) is 2.47. The van der Waals surface area contributed by atoms with Crippen molar-refractivity contribution in [1.82, 2.24) is 15.0 Å². The van der Waals surface area contributed by atoms with Crippen LogP contribution in [0.2, 0.25) is 0 Å². The van der Waals surface area contributed by atoms with E-state index in [1.165, 1.54) is 11.1 Å². The molecule has 0 aliphatic carbocycles. The number of fused-ring (bicyclic) bond motifs is 2. The fourth-order valence-corrected chi connectivity index (χ4v) is 3.18. The Bertz CT molecular complexity index is 1150. The fraction of sp³-hybridized carbons (Fsp3) is 0.0588. The highest BCUT2D eigenvalue weighted by Gasteiger charge is 2.11. The molecule has 0 saturated carbocycles. The zero-order valence-corrected chi connectivity index (χ0v) is 13.2. The monoisotopic (exact) mass is 323 g/mol. The van der Waals surface area contributed by atoms with Crippen molar-refractivity contribution in [3.05, 3.63) is 60.7 Å². The van der Waals surface area contributed by atoms with Crippen molar-refractivity contribution in [1.29, 1.82) is 0 Å². The maximum absolute atomic E-state index is 11.6. The van der Waals surface area contributed by atoms with E-state index in [2.05, 4.69) is 10.2 Å². The Labute approximate surface area is 133 Å². The summed E-state index contributed by atoms with van der Waals surface area (Å²) in [6.07, 6.45) is 1.18. The van der Waals surface area contributed by atoms with Gasteiger partial charge in [0.05, 0.1) is 10.6 Å². The lowest BCUT2D eigenvalue weighted by Crippen LogP contribution is -1.98. The molecule has 0 fully saturated rings. The second-order valence-corrected chi connectivity index (χ2v) is 7.46. The molecule has 5 nitrogen and oxygen atoms in total. The van der Waals surface area contributed by atoms with Crippen molar-refractivity contribution >= 4 is 31.6 Å². The van der Waals surface area contributed by atoms with Crippen LogP contribution in [-0.4, -0.2) is 29.7 Å². The highest BCUT2D eigenvalue weighted by Crippen LogP contribution is 2.20. The largest absolute Gasteiger partial charge is 0.224 e. The predicted octanol–water partition coefficient (Wildman–Crippen LogP) is 2.98. The number of nitrogens with zero attached hydrogens (tertiary/aromatic N) is 3. The van der Waals surface area contributed by atoms with Crippen LogP contribution in [0.5, 0.6) is 0 Å².